The summed E-state index contributed by atoms with van der Waals surface area (Å²) in [4.78, 5) is 2.70. The monoisotopic (exact) mass is 388 g/mol. The van der Waals surface area contributed by atoms with E-state index in [0.29, 0.717) is 5.75 Å². The number of hydrogen-bond acceptors (Lipinski definition) is 6. The van der Waals surface area contributed by atoms with Crippen molar-refractivity contribution in [2.45, 2.75) is 23.1 Å². The van der Waals surface area contributed by atoms with Gasteiger partial charge in [-0.1, -0.05) is 29.4 Å². The van der Waals surface area contributed by atoms with Crippen molar-refractivity contribution in [3.63, 3.8) is 0 Å². The largest absolute Gasteiger partial charge is 0.454 e. The number of rotatable bonds is 2. The average Bonchev–Trinajstić information content (AvgIpc) is 2.76. The summed E-state index contributed by atoms with van der Waals surface area (Å²) < 4.78 is 39.3. The van der Waals surface area contributed by atoms with Crippen LogP contribution in [0.3, 0.4) is 0 Å². The number of azide groups is 1. The van der Waals surface area contributed by atoms with Crippen LogP contribution < -0.4 is 9.04 Å². The van der Waals surface area contributed by atoms with Gasteiger partial charge in [0.25, 0.3) is 10.0 Å². The number of sulfonamides is 1. The van der Waals surface area contributed by atoms with Gasteiger partial charge in [-0.15, -0.1) is 0 Å². The van der Waals surface area contributed by atoms with Gasteiger partial charge in [0, 0.05) is 4.91 Å². The van der Waals surface area contributed by atoms with E-state index in [1.165, 1.54) is 6.07 Å². The SMILES string of the molecule is [N-]=[N+]=N[C@@H]1COC[C@H](N2c3ccccc3Oc3ccccc3S2(=O)=O)[C@H]1O. The zero-order valence-corrected chi connectivity index (χ0v) is 14.9. The van der Waals surface area contributed by atoms with Gasteiger partial charge >= 0.3 is 0 Å². The molecule has 1 fully saturated rings. The van der Waals surface area contributed by atoms with Crippen LogP contribution >= 0.6 is 0 Å². The Labute approximate surface area is 155 Å². The molecule has 2 aromatic carbocycles. The topological polar surface area (TPSA) is 125 Å². The highest BCUT2D eigenvalue weighted by Gasteiger charge is 2.44. The maximum atomic E-state index is 13.5. The number of hydrogen-bond donors (Lipinski definition) is 1. The lowest BCUT2D eigenvalue weighted by atomic mass is 10.0. The van der Waals surface area contributed by atoms with Crippen LogP contribution in [-0.4, -0.2) is 44.9 Å². The fourth-order valence-corrected chi connectivity index (χ4v) is 5.10. The third kappa shape index (κ3) is 2.88. The zero-order chi connectivity index (χ0) is 19.0. The van der Waals surface area contributed by atoms with E-state index in [0.717, 1.165) is 4.31 Å². The van der Waals surface area contributed by atoms with Crippen molar-refractivity contribution < 1.29 is 23.0 Å². The van der Waals surface area contributed by atoms with E-state index in [2.05, 4.69) is 10.0 Å². The Morgan fingerprint density at radius 2 is 1.81 bits per heavy atom. The second-order valence-corrected chi connectivity index (χ2v) is 7.97. The highest BCUT2D eigenvalue weighted by Crippen LogP contribution is 2.44. The summed E-state index contributed by atoms with van der Waals surface area (Å²) >= 11 is 0. The molecule has 0 unspecified atom stereocenters. The number of nitrogens with zero attached hydrogens (tertiary/aromatic N) is 4. The molecule has 4 rings (SSSR count). The van der Waals surface area contributed by atoms with Gasteiger partial charge in [-0.3, -0.25) is 4.31 Å². The summed E-state index contributed by atoms with van der Waals surface area (Å²) in [6, 6.07) is 11.1. The Morgan fingerprint density at radius 3 is 2.59 bits per heavy atom. The first kappa shape index (κ1) is 17.6. The Balaban J connectivity index is 1.91. The van der Waals surface area contributed by atoms with Gasteiger partial charge in [-0.05, 0) is 29.8 Å². The predicted molar refractivity (Wildman–Crippen MR) is 96.2 cm³/mol. The van der Waals surface area contributed by atoms with Gasteiger partial charge in [-0.25, -0.2) is 8.42 Å². The molecule has 27 heavy (non-hydrogen) atoms. The molecule has 0 amide bonds. The molecule has 0 aromatic heterocycles. The van der Waals surface area contributed by atoms with E-state index in [4.69, 9.17) is 15.0 Å². The minimum Gasteiger partial charge on any atom is -0.454 e. The number of aliphatic hydroxyl groups excluding tert-OH is 1. The number of aliphatic hydroxyl groups is 1. The second kappa shape index (κ2) is 6.75. The molecule has 0 radical (unpaired) electrons. The maximum Gasteiger partial charge on any atom is 0.268 e. The van der Waals surface area contributed by atoms with Crippen molar-refractivity contribution in [1.82, 2.24) is 0 Å². The van der Waals surface area contributed by atoms with Gasteiger partial charge in [-0.2, -0.15) is 0 Å². The standard InChI is InChI=1S/C17H16N4O5S/c18-20-19-11-9-25-10-13(17(11)22)21-12-5-1-2-6-14(12)26-15-7-3-4-8-16(15)27(21,23)24/h1-8,11,13,17,22H,9-10H2/t11-,13+,17+/m1/s1. The Kier molecular flexibility index (Phi) is 4.40. The fourth-order valence-electron chi connectivity index (χ4n) is 3.32. The summed E-state index contributed by atoms with van der Waals surface area (Å²) in [6.45, 7) is -0.0291. The van der Waals surface area contributed by atoms with Gasteiger partial charge in [0.05, 0.1) is 37.1 Å². The van der Waals surface area contributed by atoms with E-state index in [1.54, 1.807) is 42.5 Å². The Morgan fingerprint density at radius 1 is 1.11 bits per heavy atom. The first-order chi connectivity index (χ1) is 13.0. The molecule has 140 valence electrons. The molecule has 10 heteroatoms. The lowest BCUT2D eigenvalue weighted by Gasteiger charge is -2.39. The summed E-state index contributed by atoms with van der Waals surface area (Å²) in [5.74, 6) is 0.536. The van der Waals surface area contributed by atoms with Gasteiger partial charge in [0.1, 0.15) is 10.6 Å². The zero-order valence-electron chi connectivity index (χ0n) is 14.0. The van der Waals surface area contributed by atoms with Gasteiger partial charge in [0.15, 0.2) is 5.75 Å². The quantitative estimate of drug-likeness (QED) is 0.480. The summed E-state index contributed by atoms with van der Waals surface area (Å²) in [7, 11) is -4.07. The van der Waals surface area contributed by atoms with E-state index in [9.17, 15) is 13.5 Å². The van der Waals surface area contributed by atoms with E-state index >= 15 is 0 Å². The van der Waals surface area contributed by atoms with Crippen LogP contribution in [0.4, 0.5) is 5.69 Å². The third-order valence-corrected chi connectivity index (χ3v) is 6.45. The van der Waals surface area contributed by atoms with Gasteiger partial charge in [0.2, 0.25) is 0 Å². The first-order valence-electron chi connectivity index (χ1n) is 8.24. The predicted octanol–water partition coefficient (Wildman–Crippen LogP) is 2.43. The molecule has 0 bridgehead atoms. The van der Waals surface area contributed by atoms with Crippen molar-refractivity contribution in [1.29, 1.82) is 0 Å². The third-order valence-electron chi connectivity index (χ3n) is 4.58. The van der Waals surface area contributed by atoms with Crippen molar-refractivity contribution in [2.75, 3.05) is 17.5 Å². The van der Waals surface area contributed by atoms with Crippen LogP contribution in [0.2, 0.25) is 0 Å². The molecule has 2 aliphatic heterocycles. The molecule has 2 aromatic rings. The highest BCUT2D eigenvalue weighted by molar-refractivity contribution is 7.93. The van der Waals surface area contributed by atoms with Crippen molar-refractivity contribution in [2.24, 2.45) is 5.11 Å². The van der Waals surface area contributed by atoms with Crippen molar-refractivity contribution >= 4 is 15.7 Å². The van der Waals surface area contributed by atoms with Crippen LogP contribution in [0.25, 0.3) is 10.4 Å². The van der Waals surface area contributed by atoms with Crippen LogP contribution in [0, 0.1) is 0 Å². The number of anilines is 1. The summed E-state index contributed by atoms with van der Waals surface area (Å²) in [6.07, 6.45) is -1.23. The number of ether oxygens (including phenoxy) is 2. The minimum absolute atomic E-state index is 0.0145. The first-order valence-corrected chi connectivity index (χ1v) is 9.68. The molecule has 9 nitrogen and oxygen atoms in total. The molecule has 0 saturated carbocycles. The van der Waals surface area contributed by atoms with Crippen LogP contribution in [0.15, 0.2) is 58.5 Å². The van der Waals surface area contributed by atoms with Crippen LogP contribution in [-0.2, 0) is 14.8 Å². The smallest absolute Gasteiger partial charge is 0.268 e. The lowest BCUT2D eigenvalue weighted by molar-refractivity contribution is -0.0176. The van der Waals surface area contributed by atoms with Crippen molar-refractivity contribution in [3.05, 3.63) is 59.0 Å². The molecule has 2 aliphatic rings. The fraction of sp³-hybridized carbons (Fsp3) is 0.294. The number of benzene rings is 2. The molecule has 0 aliphatic carbocycles. The Hall–Kier alpha value is -2.78. The minimum atomic E-state index is -4.07. The normalized spacial score (nSPS) is 26.0. The molecular weight excluding hydrogens is 372 g/mol. The summed E-state index contributed by atoms with van der Waals surface area (Å²) in [5.41, 5.74) is 8.99. The van der Waals surface area contributed by atoms with E-state index in [1.807, 2.05) is 0 Å². The molecular formula is C17H16N4O5S. The molecule has 3 atom stereocenters. The lowest BCUT2D eigenvalue weighted by Crippen LogP contribution is -2.57. The second-order valence-electron chi connectivity index (χ2n) is 6.19. The molecule has 2 heterocycles. The van der Waals surface area contributed by atoms with Crippen molar-refractivity contribution in [3.8, 4) is 11.5 Å². The number of fused-ring (bicyclic) bond motifs is 2. The van der Waals surface area contributed by atoms with Crippen LogP contribution in [0.5, 0.6) is 11.5 Å². The Bertz CT molecular complexity index is 1020. The molecule has 0 spiro atoms. The van der Waals surface area contributed by atoms with Gasteiger partial charge < -0.3 is 14.6 Å². The number of para-hydroxylation sites is 3. The summed E-state index contributed by atoms with van der Waals surface area (Å²) in [5, 5.41) is 14.3. The highest BCUT2D eigenvalue weighted by atomic mass is 32.2. The average molecular weight is 388 g/mol. The van der Waals surface area contributed by atoms with E-state index < -0.39 is 28.2 Å². The van der Waals surface area contributed by atoms with E-state index in [-0.39, 0.29) is 29.5 Å². The maximum absolute atomic E-state index is 13.5. The van der Waals surface area contributed by atoms with Crippen LogP contribution in [0.1, 0.15) is 0 Å². The molecule has 1 N–H and O–H groups in total. The molecule has 1 saturated heterocycles.